The van der Waals surface area contributed by atoms with Crippen molar-refractivity contribution in [1.82, 2.24) is 4.31 Å². The lowest BCUT2D eigenvalue weighted by Crippen LogP contribution is -2.32. The second kappa shape index (κ2) is 5.13. The Morgan fingerprint density at radius 2 is 1.89 bits per heavy atom. The van der Waals surface area contributed by atoms with Gasteiger partial charge in [0, 0.05) is 13.1 Å². The molecule has 4 nitrogen and oxygen atoms in total. The van der Waals surface area contributed by atoms with Crippen molar-refractivity contribution in [2.75, 3.05) is 18.8 Å². The van der Waals surface area contributed by atoms with E-state index in [2.05, 4.69) is 13.8 Å². The van der Waals surface area contributed by atoms with Gasteiger partial charge < -0.3 is 5.73 Å². The SMILES string of the molecule is CCC1(CC)CCN(S(=O)(=O)c2ccccc2N)C1. The van der Waals surface area contributed by atoms with Crippen LogP contribution in [0.3, 0.4) is 0 Å². The van der Waals surface area contributed by atoms with Crippen LogP contribution in [0, 0.1) is 5.41 Å². The summed E-state index contributed by atoms with van der Waals surface area (Å²) in [7, 11) is -3.45. The van der Waals surface area contributed by atoms with Crippen LogP contribution >= 0.6 is 0 Å². The Hall–Kier alpha value is -1.07. The molecule has 106 valence electrons. The van der Waals surface area contributed by atoms with Gasteiger partial charge in [-0.3, -0.25) is 0 Å². The molecule has 0 aromatic heterocycles. The third-order valence-corrected chi connectivity index (χ3v) is 6.36. The van der Waals surface area contributed by atoms with Gasteiger partial charge in [-0.1, -0.05) is 26.0 Å². The number of nitrogens with zero attached hydrogens (tertiary/aromatic N) is 1. The second-order valence-electron chi connectivity index (χ2n) is 5.33. The van der Waals surface area contributed by atoms with E-state index in [0.717, 1.165) is 19.3 Å². The lowest BCUT2D eigenvalue weighted by Gasteiger charge is -2.26. The van der Waals surface area contributed by atoms with Gasteiger partial charge >= 0.3 is 0 Å². The Balaban J connectivity index is 2.31. The molecule has 19 heavy (non-hydrogen) atoms. The molecule has 2 N–H and O–H groups in total. The van der Waals surface area contributed by atoms with Crippen LogP contribution in [0.5, 0.6) is 0 Å². The monoisotopic (exact) mass is 282 g/mol. The quantitative estimate of drug-likeness (QED) is 0.863. The van der Waals surface area contributed by atoms with Crippen molar-refractivity contribution < 1.29 is 8.42 Å². The Labute approximate surface area is 115 Å². The highest BCUT2D eigenvalue weighted by molar-refractivity contribution is 7.89. The Morgan fingerprint density at radius 3 is 2.42 bits per heavy atom. The van der Waals surface area contributed by atoms with Crippen LogP contribution in [-0.2, 0) is 10.0 Å². The minimum Gasteiger partial charge on any atom is -0.398 e. The fourth-order valence-electron chi connectivity index (χ4n) is 2.78. The van der Waals surface area contributed by atoms with E-state index in [-0.39, 0.29) is 10.3 Å². The molecule has 0 aliphatic carbocycles. The van der Waals surface area contributed by atoms with Gasteiger partial charge in [-0.05, 0) is 36.8 Å². The van der Waals surface area contributed by atoms with Crippen LogP contribution in [-0.4, -0.2) is 25.8 Å². The maximum atomic E-state index is 12.6. The van der Waals surface area contributed by atoms with Crippen molar-refractivity contribution in [2.45, 2.75) is 38.0 Å². The molecule has 0 bridgehead atoms. The molecule has 1 fully saturated rings. The zero-order chi connectivity index (χ0) is 14.1. The number of hydrogen-bond donors (Lipinski definition) is 1. The molecule has 1 aliphatic heterocycles. The smallest absolute Gasteiger partial charge is 0.245 e. The van der Waals surface area contributed by atoms with Crippen LogP contribution in [0.2, 0.25) is 0 Å². The van der Waals surface area contributed by atoms with E-state index in [1.54, 1.807) is 28.6 Å². The van der Waals surface area contributed by atoms with Crippen LogP contribution < -0.4 is 5.73 Å². The van der Waals surface area contributed by atoms with Crippen molar-refractivity contribution in [2.24, 2.45) is 5.41 Å². The lowest BCUT2D eigenvalue weighted by atomic mass is 9.82. The zero-order valence-electron chi connectivity index (χ0n) is 11.6. The van der Waals surface area contributed by atoms with Gasteiger partial charge in [0.2, 0.25) is 10.0 Å². The fraction of sp³-hybridized carbons (Fsp3) is 0.571. The molecule has 1 aromatic rings. The van der Waals surface area contributed by atoms with E-state index >= 15 is 0 Å². The van der Waals surface area contributed by atoms with Gasteiger partial charge in [0.25, 0.3) is 0 Å². The summed E-state index contributed by atoms with van der Waals surface area (Å²) in [5.74, 6) is 0. The molecule has 0 saturated carbocycles. The number of hydrogen-bond acceptors (Lipinski definition) is 3. The molecular formula is C14H22N2O2S. The predicted molar refractivity (Wildman–Crippen MR) is 77.2 cm³/mol. The summed E-state index contributed by atoms with van der Waals surface area (Å²) in [6, 6.07) is 6.69. The molecule has 5 heteroatoms. The molecule has 1 saturated heterocycles. The van der Waals surface area contributed by atoms with Crippen LogP contribution in [0.4, 0.5) is 5.69 Å². The maximum Gasteiger partial charge on any atom is 0.245 e. The average Bonchev–Trinajstić information content (AvgIpc) is 2.85. The topological polar surface area (TPSA) is 63.4 Å². The summed E-state index contributed by atoms with van der Waals surface area (Å²) in [5, 5.41) is 0. The zero-order valence-corrected chi connectivity index (χ0v) is 12.4. The third-order valence-electron chi connectivity index (χ3n) is 4.44. The largest absolute Gasteiger partial charge is 0.398 e. The average molecular weight is 282 g/mol. The molecule has 0 spiro atoms. The van der Waals surface area contributed by atoms with Crippen molar-refractivity contribution in [3.05, 3.63) is 24.3 Å². The number of anilines is 1. The van der Waals surface area contributed by atoms with Gasteiger partial charge in [0.1, 0.15) is 4.90 Å². The fourth-order valence-corrected chi connectivity index (χ4v) is 4.45. The molecule has 0 unspecified atom stereocenters. The van der Waals surface area contributed by atoms with Gasteiger partial charge in [0.05, 0.1) is 5.69 Å². The highest BCUT2D eigenvalue weighted by Crippen LogP contribution is 2.39. The van der Waals surface area contributed by atoms with Gasteiger partial charge in [-0.25, -0.2) is 8.42 Å². The Bertz CT molecular complexity index is 550. The number of para-hydroxylation sites is 1. The third kappa shape index (κ3) is 2.49. The Morgan fingerprint density at radius 1 is 1.26 bits per heavy atom. The molecule has 1 heterocycles. The van der Waals surface area contributed by atoms with E-state index in [9.17, 15) is 8.42 Å². The highest BCUT2D eigenvalue weighted by Gasteiger charge is 2.40. The van der Waals surface area contributed by atoms with Crippen molar-refractivity contribution in [1.29, 1.82) is 0 Å². The molecular weight excluding hydrogens is 260 g/mol. The van der Waals surface area contributed by atoms with E-state index in [1.165, 1.54) is 0 Å². The first-order valence-corrected chi connectivity index (χ1v) is 8.24. The number of sulfonamides is 1. The first-order chi connectivity index (χ1) is 8.95. The summed E-state index contributed by atoms with van der Waals surface area (Å²) in [6.07, 6.45) is 2.96. The number of benzene rings is 1. The highest BCUT2D eigenvalue weighted by atomic mass is 32.2. The first-order valence-electron chi connectivity index (χ1n) is 6.80. The van der Waals surface area contributed by atoms with Crippen LogP contribution in [0.1, 0.15) is 33.1 Å². The van der Waals surface area contributed by atoms with Gasteiger partial charge in [-0.2, -0.15) is 4.31 Å². The van der Waals surface area contributed by atoms with E-state index < -0.39 is 10.0 Å². The number of nitrogens with two attached hydrogens (primary N) is 1. The predicted octanol–water partition coefficient (Wildman–Crippen LogP) is 2.47. The molecule has 1 aromatic carbocycles. The summed E-state index contributed by atoms with van der Waals surface area (Å²) >= 11 is 0. The second-order valence-corrected chi connectivity index (χ2v) is 7.24. The molecule has 0 radical (unpaired) electrons. The first kappa shape index (κ1) is 14.3. The normalized spacial score (nSPS) is 19.7. The van der Waals surface area contributed by atoms with Crippen molar-refractivity contribution in [3.63, 3.8) is 0 Å². The molecule has 0 atom stereocenters. The standard InChI is InChI=1S/C14H22N2O2S/c1-3-14(4-2)9-10-16(11-14)19(17,18)13-8-6-5-7-12(13)15/h5-8H,3-4,9-11,15H2,1-2H3. The van der Waals surface area contributed by atoms with E-state index in [4.69, 9.17) is 5.73 Å². The molecule has 0 amide bonds. The Kier molecular flexibility index (Phi) is 3.87. The van der Waals surface area contributed by atoms with Gasteiger partial charge in [-0.15, -0.1) is 0 Å². The minimum absolute atomic E-state index is 0.136. The summed E-state index contributed by atoms with van der Waals surface area (Å²) < 4.78 is 26.8. The van der Waals surface area contributed by atoms with E-state index in [1.807, 2.05) is 0 Å². The van der Waals surface area contributed by atoms with Crippen LogP contribution in [0.15, 0.2) is 29.2 Å². The maximum absolute atomic E-state index is 12.6. The van der Waals surface area contributed by atoms with Crippen LogP contribution in [0.25, 0.3) is 0 Å². The summed E-state index contributed by atoms with van der Waals surface area (Å²) in [6.45, 7) is 5.47. The minimum atomic E-state index is -3.45. The summed E-state index contributed by atoms with van der Waals surface area (Å²) in [4.78, 5) is 0.234. The number of nitrogen functional groups attached to an aromatic ring is 1. The molecule has 1 aliphatic rings. The number of rotatable bonds is 4. The summed E-state index contributed by atoms with van der Waals surface area (Å²) in [5.41, 5.74) is 6.26. The molecule has 2 rings (SSSR count). The lowest BCUT2D eigenvalue weighted by molar-refractivity contribution is 0.279. The van der Waals surface area contributed by atoms with Gasteiger partial charge in [0.15, 0.2) is 0 Å². The van der Waals surface area contributed by atoms with Crippen molar-refractivity contribution in [3.8, 4) is 0 Å². The van der Waals surface area contributed by atoms with E-state index in [0.29, 0.717) is 18.8 Å². The van der Waals surface area contributed by atoms with Crippen molar-refractivity contribution >= 4 is 15.7 Å².